The molecule has 0 saturated heterocycles. The predicted octanol–water partition coefficient (Wildman–Crippen LogP) is 4.62. The maximum Gasteiger partial charge on any atom is 0.429 e. The number of para-hydroxylation sites is 1. The molecule has 0 aromatic heterocycles. The third-order valence-electron chi connectivity index (χ3n) is 3.82. The highest BCUT2D eigenvalue weighted by Crippen LogP contribution is 2.35. The van der Waals surface area contributed by atoms with Crippen molar-refractivity contribution in [3.05, 3.63) is 59.2 Å². The summed E-state index contributed by atoms with van der Waals surface area (Å²) in [6.07, 6.45) is -1.49. The molecule has 9 heteroatoms. The van der Waals surface area contributed by atoms with Gasteiger partial charge in [0.25, 0.3) is 0 Å². The zero-order valence-corrected chi connectivity index (χ0v) is 16.6. The van der Waals surface area contributed by atoms with Gasteiger partial charge in [-0.05, 0) is 35.1 Å². The summed E-state index contributed by atoms with van der Waals surface area (Å²) in [5.74, 6) is -2.60. The Morgan fingerprint density at radius 2 is 1.57 bits per heavy atom. The number of amides is 1. The molecule has 2 aromatic rings. The van der Waals surface area contributed by atoms with Gasteiger partial charge in [0.2, 0.25) is 0 Å². The Balaban J connectivity index is 2.23. The van der Waals surface area contributed by atoms with E-state index in [2.05, 4.69) is 4.74 Å². The van der Waals surface area contributed by atoms with Crippen molar-refractivity contribution in [3.63, 3.8) is 0 Å². The summed E-state index contributed by atoms with van der Waals surface area (Å²) in [7, 11) is -4.61. The quantitative estimate of drug-likeness (QED) is 0.747. The molecule has 0 fully saturated rings. The lowest BCUT2D eigenvalue weighted by molar-refractivity contribution is 0.203. The number of nitrogens with one attached hydrogen (secondary N) is 1. The van der Waals surface area contributed by atoms with Gasteiger partial charge in [0.15, 0.2) is 17.3 Å². The maximum absolute atomic E-state index is 13.5. The molecule has 0 atom stereocenters. The highest BCUT2D eigenvalue weighted by Gasteiger charge is 2.24. The van der Waals surface area contributed by atoms with Gasteiger partial charge in [0.05, 0.1) is 0 Å². The van der Waals surface area contributed by atoms with E-state index in [9.17, 15) is 22.0 Å². The molecule has 0 aliphatic carbocycles. The third kappa shape index (κ3) is 5.41. The van der Waals surface area contributed by atoms with Crippen LogP contribution in [0.15, 0.2) is 36.4 Å². The smallest absolute Gasteiger partial charge is 0.406 e. The third-order valence-corrected chi connectivity index (χ3v) is 4.62. The average molecular weight is 413 g/mol. The van der Waals surface area contributed by atoms with Crippen molar-refractivity contribution in [3.8, 4) is 11.5 Å². The van der Waals surface area contributed by atoms with Crippen molar-refractivity contribution in [1.82, 2.24) is 4.72 Å². The van der Waals surface area contributed by atoms with Gasteiger partial charge in [0.1, 0.15) is 5.82 Å². The summed E-state index contributed by atoms with van der Waals surface area (Å²) in [4.78, 5) is 11.8. The Bertz CT molecular complexity index is 948. The van der Waals surface area contributed by atoms with Crippen LogP contribution >= 0.6 is 0 Å². The van der Waals surface area contributed by atoms with E-state index < -0.39 is 33.8 Å². The minimum atomic E-state index is -4.61. The lowest BCUT2D eigenvalue weighted by atomic mass is 9.94. The number of hydrogen-bond donors (Lipinski definition) is 1. The zero-order valence-electron chi connectivity index (χ0n) is 15.8. The van der Waals surface area contributed by atoms with Gasteiger partial charge < -0.3 is 8.92 Å². The summed E-state index contributed by atoms with van der Waals surface area (Å²) in [6.45, 7) is 7.49. The highest BCUT2D eigenvalue weighted by atomic mass is 32.2. The molecule has 1 amide bonds. The van der Waals surface area contributed by atoms with E-state index in [0.717, 1.165) is 12.1 Å². The molecule has 2 rings (SSSR count). The van der Waals surface area contributed by atoms with Crippen molar-refractivity contribution in [2.75, 3.05) is 0 Å². The standard InChI is InChI=1S/C19H21F2NO5S/c1-11(2)14-6-5-7-15(12(3)4)18(14)27-28(24,25)22-19(23)26-17-9-8-13(20)10-16(17)21/h5-12H,1-4H3,(H,22,23). The Morgan fingerprint density at radius 3 is 2.07 bits per heavy atom. The fourth-order valence-corrected chi connectivity index (χ4v) is 3.19. The average Bonchev–Trinajstić information content (AvgIpc) is 2.56. The van der Waals surface area contributed by atoms with Crippen LogP contribution in [0.2, 0.25) is 0 Å². The first kappa shape index (κ1) is 21.6. The molecule has 6 nitrogen and oxygen atoms in total. The molecule has 0 unspecified atom stereocenters. The van der Waals surface area contributed by atoms with Gasteiger partial charge in [-0.25, -0.2) is 13.6 Å². The number of carbonyl (C=O) groups is 1. The number of carbonyl (C=O) groups excluding carboxylic acids is 1. The molecule has 0 aliphatic heterocycles. The van der Waals surface area contributed by atoms with Crippen LogP contribution in [0.4, 0.5) is 13.6 Å². The fourth-order valence-electron chi connectivity index (χ4n) is 2.49. The van der Waals surface area contributed by atoms with Crippen LogP contribution in [0.5, 0.6) is 11.5 Å². The summed E-state index contributed by atoms with van der Waals surface area (Å²) in [6, 6.07) is 7.49. The van der Waals surface area contributed by atoms with Crippen LogP contribution < -0.4 is 13.6 Å². The van der Waals surface area contributed by atoms with Gasteiger partial charge in [0, 0.05) is 6.07 Å². The number of rotatable bonds is 6. The topological polar surface area (TPSA) is 81.7 Å². The number of ether oxygens (including phenoxy) is 1. The van der Waals surface area contributed by atoms with Crippen LogP contribution in [-0.2, 0) is 10.3 Å². The van der Waals surface area contributed by atoms with Crippen LogP contribution in [0.25, 0.3) is 0 Å². The summed E-state index contributed by atoms with van der Waals surface area (Å²) in [5.41, 5.74) is 1.30. The number of hydrogen-bond acceptors (Lipinski definition) is 5. The molecule has 0 radical (unpaired) electrons. The van der Waals surface area contributed by atoms with Crippen LogP contribution in [0.3, 0.4) is 0 Å². The second kappa shape index (κ2) is 8.55. The first-order valence-corrected chi connectivity index (χ1v) is 9.93. The molecule has 1 N–H and O–H groups in total. The van der Waals surface area contributed by atoms with Crippen LogP contribution in [0, 0.1) is 11.6 Å². The largest absolute Gasteiger partial charge is 0.429 e. The van der Waals surface area contributed by atoms with Gasteiger partial charge in [-0.2, -0.15) is 13.1 Å². The normalized spacial score (nSPS) is 11.6. The number of benzene rings is 2. The van der Waals surface area contributed by atoms with Crippen molar-refractivity contribution < 1.29 is 30.9 Å². The molecule has 28 heavy (non-hydrogen) atoms. The highest BCUT2D eigenvalue weighted by molar-refractivity contribution is 7.85. The summed E-state index contributed by atoms with van der Waals surface area (Å²) < 4.78 is 62.3. The Kier molecular flexibility index (Phi) is 6.60. The molecule has 0 aliphatic rings. The maximum atomic E-state index is 13.5. The molecular weight excluding hydrogens is 392 g/mol. The van der Waals surface area contributed by atoms with E-state index in [1.807, 2.05) is 27.7 Å². The van der Waals surface area contributed by atoms with E-state index in [4.69, 9.17) is 4.18 Å². The molecule has 152 valence electrons. The molecule has 0 heterocycles. The Labute approximate surface area is 162 Å². The first-order chi connectivity index (χ1) is 13.0. The first-order valence-electron chi connectivity index (χ1n) is 8.52. The Hall–Kier alpha value is -2.68. The second-order valence-corrected chi connectivity index (χ2v) is 7.96. The minimum absolute atomic E-state index is 0.0378. The monoisotopic (exact) mass is 413 g/mol. The fraction of sp³-hybridized carbons (Fsp3) is 0.316. The van der Waals surface area contributed by atoms with Gasteiger partial charge >= 0.3 is 16.4 Å². The predicted molar refractivity (Wildman–Crippen MR) is 99.7 cm³/mol. The van der Waals surface area contributed by atoms with Crippen molar-refractivity contribution >= 4 is 16.4 Å². The second-order valence-electron chi connectivity index (χ2n) is 6.68. The number of halogens is 2. The summed E-state index contributed by atoms with van der Waals surface area (Å²) >= 11 is 0. The van der Waals surface area contributed by atoms with E-state index >= 15 is 0 Å². The molecule has 0 spiro atoms. The lowest BCUT2D eigenvalue weighted by Gasteiger charge is -2.19. The molecule has 0 saturated carbocycles. The minimum Gasteiger partial charge on any atom is -0.406 e. The SMILES string of the molecule is CC(C)c1cccc(C(C)C)c1OS(=O)(=O)NC(=O)Oc1ccc(F)cc1F. The Morgan fingerprint density at radius 1 is 1.00 bits per heavy atom. The zero-order chi connectivity index (χ0) is 21.1. The van der Waals surface area contributed by atoms with Gasteiger partial charge in [-0.3, -0.25) is 0 Å². The van der Waals surface area contributed by atoms with Crippen LogP contribution in [0.1, 0.15) is 50.7 Å². The lowest BCUT2D eigenvalue weighted by Crippen LogP contribution is -2.36. The van der Waals surface area contributed by atoms with E-state index in [0.29, 0.717) is 17.2 Å². The van der Waals surface area contributed by atoms with E-state index in [1.165, 1.54) is 0 Å². The van der Waals surface area contributed by atoms with Crippen molar-refractivity contribution in [2.45, 2.75) is 39.5 Å². The molecule has 0 bridgehead atoms. The van der Waals surface area contributed by atoms with Crippen LogP contribution in [-0.4, -0.2) is 14.5 Å². The summed E-state index contributed by atoms with van der Waals surface area (Å²) in [5, 5.41) is 0. The molecule has 2 aromatic carbocycles. The molecular formula is C19H21F2NO5S. The van der Waals surface area contributed by atoms with Gasteiger partial charge in [-0.1, -0.05) is 45.9 Å². The van der Waals surface area contributed by atoms with Gasteiger partial charge in [-0.15, -0.1) is 0 Å². The van der Waals surface area contributed by atoms with E-state index in [1.54, 1.807) is 22.9 Å². The van der Waals surface area contributed by atoms with Crippen molar-refractivity contribution in [2.24, 2.45) is 0 Å². The van der Waals surface area contributed by atoms with E-state index in [-0.39, 0.29) is 17.6 Å². The van der Waals surface area contributed by atoms with Crippen molar-refractivity contribution in [1.29, 1.82) is 0 Å².